The number of hydrogen-bond donors (Lipinski definition) is 0. The summed E-state index contributed by atoms with van der Waals surface area (Å²) in [6.45, 7) is 1.64. The predicted octanol–water partition coefficient (Wildman–Crippen LogP) is 2.59. The zero-order valence-corrected chi connectivity index (χ0v) is 9.44. The van der Waals surface area contributed by atoms with E-state index in [1.54, 1.807) is 0 Å². The van der Waals surface area contributed by atoms with Gasteiger partial charge in [0.2, 0.25) is 0 Å². The Labute approximate surface area is 95.4 Å². The zero-order chi connectivity index (χ0) is 11.4. The van der Waals surface area contributed by atoms with Gasteiger partial charge in [-0.25, -0.2) is 0 Å². The largest absolute Gasteiger partial charge is 0.490 e. The molecule has 1 aromatic rings. The quantitative estimate of drug-likeness (QED) is 0.765. The summed E-state index contributed by atoms with van der Waals surface area (Å²) in [6, 6.07) is 7.43. The van der Waals surface area contributed by atoms with Crippen LogP contribution in [0.2, 0.25) is 0 Å². The second-order valence-corrected chi connectivity index (χ2v) is 4.13. The molecule has 1 aliphatic rings. The molecular formula is C13H16O3. The van der Waals surface area contributed by atoms with Gasteiger partial charge in [-0.15, -0.1) is 0 Å². The van der Waals surface area contributed by atoms with Crippen LogP contribution < -0.4 is 9.47 Å². The monoisotopic (exact) mass is 220 g/mol. The Balaban J connectivity index is 1.85. The lowest BCUT2D eigenvalue weighted by molar-refractivity contribution is -0.118. The van der Waals surface area contributed by atoms with E-state index in [0.717, 1.165) is 18.6 Å². The molecule has 0 N–H and O–H groups in total. The molecule has 1 aliphatic carbocycles. The fraction of sp³-hybridized carbons (Fsp3) is 0.462. The van der Waals surface area contributed by atoms with Crippen molar-refractivity contribution in [2.75, 3.05) is 6.61 Å². The Morgan fingerprint density at radius 1 is 1.25 bits per heavy atom. The maximum atomic E-state index is 10.7. The van der Waals surface area contributed by atoms with Crippen molar-refractivity contribution in [1.29, 1.82) is 0 Å². The van der Waals surface area contributed by atoms with Gasteiger partial charge in [-0.3, -0.25) is 4.79 Å². The minimum Gasteiger partial charge on any atom is -0.490 e. The first-order chi connectivity index (χ1) is 7.74. The number of carbonyl (C=O) groups excluding carboxylic acids is 1. The van der Waals surface area contributed by atoms with Gasteiger partial charge in [-0.05, 0) is 50.5 Å². The first-order valence-electron chi connectivity index (χ1n) is 5.63. The standard InChI is InChI=1S/C13H16O3/c1-10(14)9-15-11-5-7-13(8-6-11)16-12-3-2-4-12/h5-8,12H,2-4,9H2,1H3. The summed E-state index contributed by atoms with van der Waals surface area (Å²) < 4.78 is 11.0. The van der Waals surface area contributed by atoms with Gasteiger partial charge in [-0.1, -0.05) is 0 Å². The van der Waals surface area contributed by atoms with Crippen molar-refractivity contribution >= 4 is 5.78 Å². The van der Waals surface area contributed by atoms with Gasteiger partial charge >= 0.3 is 0 Å². The van der Waals surface area contributed by atoms with Crippen LogP contribution in [0.25, 0.3) is 0 Å². The van der Waals surface area contributed by atoms with E-state index < -0.39 is 0 Å². The molecule has 0 saturated heterocycles. The van der Waals surface area contributed by atoms with E-state index in [1.165, 1.54) is 13.3 Å². The molecule has 0 heterocycles. The first kappa shape index (κ1) is 11.0. The Bertz CT molecular complexity index is 352. The van der Waals surface area contributed by atoms with Crippen molar-refractivity contribution in [3.63, 3.8) is 0 Å². The van der Waals surface area contributed by atoms with E-state index in [0.29, 0.717) is 11.9 Å². The molecule has 1 fully saturated rings. The number of benzene rings is 1. The highest BCUT2D eigenvalue weighted by molar-refractivity contribution is 5.77. The molecule has 0 unspecified atom stereocenters. The Hall–Kier alpha value is -1.51. The van der Waals surface area contributed by atoms with E-state index >= 15 is 0 Å². The van der Waals surface area contributed by atoms with E-state index in [1.807, 2.05) is 24.3 Å². The highest BCUT2D eigenvalue weighted by Gasteiger charge is 2.18. The summed E-state index contributed by atoms with van der Waals surface area (Å²) in [5.41, 5.74) is 0. The average molecular weight is 220 g/mol. The number of Topliss-reactive ketones (excluding diaryl/α,β-unsaturated/α-hetero) is 1. The average Bonchev–Trinajstić information content (AvgIpc) is 2.22. The summed E-state index contributed by atoms with van der Waals surface area (Å²) in [5.74, 6) is 1.60. The minimum absolute atomic E-state index is 0.0230. The predicted molar refractivity (Wildman–Crippen MR) is 60.9 cm³/mol. The van der Waals surface area contributed by atoms with Crippen molar-refractivity contribution in [3.8, 4) is 11.5 Å². The van der Waals surface area contributed by atoms with Crippen molar-refractivity contribution in [3.05, 3.63) is 24.3 Å². The van der Waals surface area contributed by atoms with Crippen LogP contribution in [-0.4, -0.2) is 18.5 Å². The smallest absolute Gasteiger partial charge is 0.167 e. The third-order valence-corrected chi connectivity index (χ3v) is 2.62. The first-order valence-corrected chi connectivity index (χ1v) is 5.63. The molecular weight excluding hydrogens is 204 g/mol. The van der Waals surface area contributed by atoms with Crippen molar-refractivity contribution in [2.45, 2.75) is 32.3 Å². The molecule has 0 bridgehead atoms. The van der Waals surface area contributed by atoms with E-state index in [4.69, 9.17) is 9.47 Å². The van der Waals surface area contributed by atoms with Crippen LogP contribution in [0.5, 0.6) is 11.5 Å². The second-order valence-electron chi connectivity index (χ2n) is 4.13. The molecule has 0 aliphatic heterocycles. The number of rotatable bonds is 5. The lowest BCUT2D eigenvalue weighted by Gasteiger charge is -2.26. The zero-order valence-electron chi connectivity index (χ0n) is 9.44. The van der Waals surface area contributed by atoms with Crippen LogP contribution in [0.15, 0.2) is 24.3 Å². The van der Waals surface area contributed by atoms with Crippen molar-refractivity contribution < 1.29 is 14.3 Å². The second kappa shape index (κ2) is 5.01. The third kappa shape index (κ3) is 2.99. The molecule has 0 aromatic heterocycles. The molecule has 2 rings (SSSR count). The summed E-state index contributed by atoms with van der Waals surface area (Å²) in [7, 11) is 0. The maximum Gasteiger partial charge on any atom is 0.167 e. The molecule has 0 atom stereocenters. The van der Waals surface area contributed by atoms with Crippen LogP contribution in [0.1, 0.15) is 26.2 Å². The Morgan fingerprint density at radius 3 is 2.38 bits per heavy atom. The van der Waals surface area contributed by atoms with Gasteiger partial charge in [0.15, 0.2) is 5.78 Å². The van der Waals surface area contributed by atoms with Gasteiger partial charge in [0.05, 0.1) is 6.10 Å². The van der Waals surface area contributed by atoms with E-state index in [9.17, 15) is 4.79 Å². The highest BCUT2D eigenvalue weighted by Crippen LogP contribution is 2.26. The fourth-order valence-corrected chi connectivity index (χ4v) is 1.48. The van der Waals surface area contributed by atoms with Crippen molar-refractivity contribution in [1.82, 2.24) is 0 Å². The third-order valence-electron chi connectivity index (χ3n) is 2.62. The SMILES string of the molecule is CC(=O)COc1ccc(OC2CCC2)cc1. The molecule has 3 nitrogen and oxygen atoms in total. The lowest BCUT2D eigenvalue weighted by Crippen LogP contribution is -2.24. The summed E-state index contributed by atoms with van der Waals surface area (Å²) in [5, 5.41) is 0. The van der Waals surface area contributed by atoms with Gasteiger partial charge in [0.25, 0.3) is 0 Å². The van der Waals surface area contributed by atoms with Crippen LogP contribution in [0, 0.1) is 0 Å². The normalized spacial score (nSPS) is 15.3. The van der Waals surface area contributed by atoms with Gasteiger partial charge < -0.3 is 9.47 Å². The van der Waals surface area contributed by atoms with Crippen LogP contribution in [0.3, 0.4) is 0 Å². The molecule has 3 heteroatoms. The highest BCUT2D eigenvalue weighted by atomic mass is 16.5. The Morgan fingerprint density at radius 2 is 1.88 bits per heavy atom. The van der Waals surface area contributed by atoms with Gasteiger partial charge in [0, 0.05) is 0 Å². The van der Waals surface area contributed by atoms with E-state index in [2.05, 4.69) is 0 Å². The summed E-state index contributed by atoms with van der Waals surface area (Å²) >= 11 is 0. The van der Waals surface area contributed by atoms with E-state index in [-0.39, 0.29) is 12.4 Å². The van der Waals surface area contributed by atoms with Crippen molar-refractivity contribution in [2.24, 2.45) is 0 Å². The van der Waals surface area contributed by atoms with Gasteiger partial charge in [0.1, 0.15) is 18.1 Å². The summed E-state index contributed by atoms with van der Waals surface area (Å²) in [4.78, 5) is 10.7. The van der Waals surface area contributed by atoms with Gasteiger partial charge in [-0.2, -0.15) is 0 Å². The Kier molecular flexibility index (Phi) is 3.44. The molecule has 16 heavy (non-hydrogen) atoms. The number of hydrogen-bond acceptors (Lipinski definition) is 3. The van der Waals surface area contributed by atoms with Crippen LogP contribution in [-0.2, 0) is 4.79 Å². The number of ketones is 1. The molecule has 0 radical (unpaired) electrons. The fourth-order valence-electron chi connectivity index (χ4n) is 1.48. The molecule has 1 aromatic carbocycles. The molecule has 86 valence electrons. The minimum atomic E-state index is 0.0230. The number of carbonyl (C=O) groups is 1. The summed E-state index contributed by atoms with van der Waals surface area (Å²) in [6.07, 6.45) is 3.97. The topological polar surface area (TPSA) is 35.5 Å². The molecule has 0 spiro atoms. The molecule has 0 amide bonds. The van der Waals surface area contributed by atoms with Crippen LogP contribution in [0.4, 0.5) is 0 Å². The number of ether oxygens (including phenoxy) is 2. The lowest BCUT2D eigenvalue weighted by atomic mass is 9.96. The van der Waals surface area contributed by atoms with Crippen LogP contribution >= 0.6 is 0 Å². The molecule has 1 saturated carbocycles. The maximum absolute atomic E-state index is 10.7.